The minimum Gasteiger partial charge on any atom is -0.328 e. The van der Waals surface area contributed by atoms with Gasteiger partial charge >= 0.3 is 0 Å². The zero-order valence-electron chi connectivity index (χ0n) is 12.0. The lowest BCUT2D eigenvalue weighted by atomic mass is 10.2. The van der Waals surface area contributed by atoms with Crippen LogP contribution in [0.4, 0.5) is 0 Å². The quantitative estimate of drug-likeness (QED) is 0.759. The molecule has 3 aromatic rings. The molecule has 3 nitrogen and oxygen atoms in total. The van der Waals surface area contributed by atoms with E-state index in [0.717, 1.165) is 29.8 Å². The summed E-state index contributed by atoms with van der Waals surface area (Å²) in [5, 5.41) is 4.62. The number of rotatable bonds is 5. The molecule has 108 valence electrons. The Labute approximate surface area is 133 Å². The Bertz CT molecular complexity index is 749. The molecule has 1 aromatic carbocycles. The van der Waals surface area contributed by atoms with Gasteiger partial charge < -0.3 is 9.88 Å². The second-order valence-corrected chi connectivity index (χ2v) is 5.98. The van der Waals surface area contributed by atoms with E-state index in [1.54, 1.807) is 0 Å². The number of nitrogens with zero attached hydrogens (tertiary/aromatic N) is 2. The van der Waals surface area contributed by atoms with Crippen LogP contribution in [0.25, 0.3) is 11.0 Å². The molecule has 0 spiro atoms. The first-order valence-electron chi connectivity index (χ1n) is 7.16. The third-order valence-electron chi connectivity index (χ3n) is 3.52. The second kappa shape index (κ2) is 6.41. The van der Waals surface area contributed by atoms with Crippen LogP contribution < -0.4 is 5.32 Å². The number of aromatic nitrogens is 2. The van der Waals surface area contributed by atoms with Gasteiger partial charge in [0.05, 0.1) is 0 Å². The Morgan fingerprint density at radius 3 is 2.95 bits per heavy atom. The molecule has 3 rings (SSSR count). The van der Waals surface area contributed by atoms with Crippen molar-refractivity contribution in [3.05, 3.63) is 64.4 Å². The summed E-state index contributed by atoms with van der Waals surface area (Å²) in [5.74, 6) is 0. The van der Waals surface area contributed by atoms with E-state index < -0.39 is 0 Å². The van der Waals surface area contributed by atoms with Gasteiger partial charge in [-0.15, -0.1) is 0 Å². The monoisotopic (exact) mass is 343 g/mol. The van der Waals surface area contributed by atoms with E-state index in [1.165, 1.54) is 16.5 Å². The standard InChI is InChI=1S/C17H18BrN3/c1-2-19-10-14-12-21(17-16(14)7-4-8-20-17)11-13-5-3-6-15(18)9-13/h3-9,12,19H,2,10-11H2,1H3. The lowest BCUT2D eigenvalue weighted by molar-refractivity contribution is 0.724. The molecule has 2 heterocycles. The highest BCUT2D eigenvalue weighted by molar-refractivity contribution is 9.10. The van der Waals surface area contributed by atoms with Crippen LogP contribution in [0, 0.1) is 0 Å². The minimum atomic E-state index is 0.832. The third-order valence-corrected chi connectivity index (χ3v) is 4.02. The molecule has 0 saturated heterocycles. The van der Waals surface area contributed by atoms with Gasteiger partial charge in [0.15, 0.2) is 0 Å². The molecule has 1 N–H and O–H groups in total. The normalized spacial score (nSPS) is 11.1. The SMILES string of the molecule is CCNCc1cn(Cc2cccc(Br)c2)c2ncccc12. The molecule has 0 saturated carbocycles. The molecule has 0 aliphatic rings. The number of halogens is 1. The van der Waals surface area contributed by atoms with E-state index in [1.807, 2.05) is 18.3 Å². The van der Waals surface area contributed by atoms with Crippen molar-refractivity contribution in [1.29, 1.82) is 0 Å². The average Bonchev–Trinajstić information content (AvgIpc) is 2.84. The number of nitrogens with one attached hydrogen (secondary N) is 1. The van der Waals surface area contributed by atoms with E-state index in [-0.39, 0.29) is 0 Å². The van der Waals surface area contributed by atoms with Gasteiger partial charge in [0, 0.05) is 35.3 Å². The lowest BCUT2D eigenvalue weighted by Crippen LogP contribution is -2.11. The third kappa shape index (κ3) is 3.17. The van der Waals surface area contributed by atoms with Crippen LogP contribution in [0.15, 0.2) is 53.3 Å². The summed E-state index contributed by atoms with van der Waals surface area (Å²) in [6.07, 6.45) is 4.07. The largest absolute Gasteiger partial charge is 0.328 e. The van der Waals surface area contributed by atoms with Crippen molar-refractivity contribution in [2.75, 3.05) is 6.54 Å². The maximum absolute atomic E-state index is 4.55. The van der Waals surface area contributed by atoms with E-state index in [2.05, 4.69) is 68.2 Å². The summed E-state index contributed by atoms with van der Waals surface area (Å²) in [5.41, 5.74) is 3.61. The first-order chi connectivity index (χ1) is 10.3. The molecular formula is C17H18BrN3. The summed E-state index contributed by atoms with van der Waals surface area (Å²) in [4.78, 5) is 4.55. The molecule has 0 atom stereocenters. The fraction of sp³-hybridized carbons (Fsp3) is 0.235. The number of benzene rings is 1. The van der Waals surface area contributed by atoms with Gasteiger partial charge in [0.2, 0.25) is 0 Å². The van der Waals surface area contributed by atoms with Gasteiger partial charge in [-0.25, -0.2) is 4.98 Å². The average molecular weight is 344 g/mol. The summed E-state index contributed by atoms with van der Waals surface area (Å²) < 4.78 is 3.33. The molecule has 0 aliphatic heterocycles. The van der Waals surface area contributed by atoms with Crippen LogP contribution in [0.5, 0.6) is 0 Å². The number of fused-ring (bicyclic) bond motifs is 1. The molecule has 0 radical (unpaired) electrons. The van der Waals surface area contributed by atoms with E-state index in [4.69, 9.17) is 0 Å². The van der Waals surface area contributed by atoms with Crippen LogP contribution in [0.3, 0.4) is 0 Å². The predicted octanol–water partition coefficient (Wildman–Crippen LogP) is 3.96. The molecule has 2 aromatic heterocycles. The van der Waals surface area contributed by atoms with Crippen molar-refractivity contribution in [1.82, 2.24) is 14.9 Å². The first kappa shape index (κ1) is 14.3. The molecular weight excluding hydrogens is 326 g/mol. The Morgan fingerprint density at radius 1 is 1.24 bits per heavy atom. The highest BCUT2D eigenvalue weighted by atomic mass is 79.9. The second-order valence-electron chi connectivity index (χ2n) is 5.07. The fourth-order valence-corrected chi connectivity index (χ4v) is 3.00. The van der Waals surface area contributed by atoms with Gasteiger partial charge in [-0.1, -0.05) is 35.0 Å². The maximum Gasteiger partial charge on any atom is 0.140 e. The first-order valence-corrected chi connectivity index (χ1v) is 7.95. The van der Waals surface area contributed by atoms with Crippen LogP contribution in [-0.4, -0.2) is 16.1 Å². The predicted molar refractivity (Wildman–Crippen MR) is 90.4 cm³/mol. The van der Waals surface area contributed by atoms with Crippen LogP contribution in [0.2, 0.25) is 0 Å². The summed E-state index contributed by atoms with van der Waals surface area (Å²) in [6.45, 7) is 4.81. The Balaban J connectivity index is 1.98. The van der Waals surface area contributed by atoms with Crippen molar-refractivity contribution in [2.24, 2.45) is 0 Å². The van der Waals surface area contributed by atoms with Crippen molar-refractivity contribution in [3.8, 4) is 0 Å². The Hall–Kier alpha value is -1.65. The van der Waals surface area contributed by atoms with Gasteiger partial charge in [0.1, 0.15) is 5.65 Å². The molecule has 0 amide bonds. The van der Waals surface area contributed by atoms with Crippen molar-refractivity contribution >= 4 is 27.0 Å². The van der Waals surface area contributed by atoms with Crippen molar-refractivity contribution < 1.29 is 0 Å². The van der Waals surface area contributed by atoms with Crippen LogP contribution in [-0.2, 0) is 13.1 Å². The smallest absolute Gasteiger partial charge is 0.140 e. The highest BCUT2D eigenvalue weighted by Crippen LogP contribution is 2.21. The van der Waals surface area contributed by atoms with Crippen molar-refractivity contribution in [3.63, 3.8) is 0 Å². The van der Waals surface area contributed by atoms with E-state index in [0.29, 0.717) is 0 Å². The van der Waals surface area contributed by atoms with Crippen LogP contribution in [0.1, 0.15) is 18.1 Å². The zero-order chi connectivity index (χ0) is 14.7. The van der Waals surface area contributed by atoms with Crippen molar-refractivity contribution in [2.45, 2.75) is 20.0 Å². The number of pyridine rings is 1. The highest BCUT2D eigenvalue weighted by Gasteiger charge is 2.09. The summed E-state index contributed by atoms with van der Waals surface area (Å²) >= 11 is 3.53. The topological polar surface area (TPSA) is 29.9 Å². The van der Waals surface area contributed by atoms with E-state index >= 15 is 0 Å². The molecule has 0 fully saturated rings. The van der Waals surface area contributed by atoms with Gasteiger partial charge in [0.25, 0.3) is 0 Å². The fourth-order valence-electron chi connectivity index (χ4n) is 2.55. The molecule has 0 bridgehead atoms. The number of hydrogen-bond donors (Lipinski definition) is 1. The van der Waals surface area contributed by atoms with Gasteiger partial charge in [-0.3, -0.25) is 0 Å². The van der Waals surface area contributed by atoms with Crippen LogP contribution >= 0.6 is 15.9 Å². The maximum atomic E-state index is 4.55. The zero-order valence-corrected chi connectivity index (χ0v) is 13.6. The number of hydrogen-bond acceptors (Lipinski definition) is 2. The molecule has 0 aliphatic carbocycles. The minimum absolute atomic E-state index is 0.832. The van der Waals surface area contributed by atoms with E-state index in [9.17, 15) is 0 Å². The summed E-state index contributed by atoms with van der Waals surface area (Å²) in [7, 11) is 0. The Kier molecular flexibility index (Phi) is 4.36. The summed E-state index contributed by atoms with van der Waals surface area (Å²) in [6, 6.07) is 12.6. The van der Waals surface area contributed by atoms with Gasteiger partial charge in [-0.2, -0.15) is 0 Å². The lowest BCUT2D eigenvalue weighted by Gasteiger charge is -2.05. The molecule has 4 heteroatoms. The van der Waals surface area contributed by atoms with Gasteiger partial charge in [-0.05, 0) is 41.9 Å². The molecule has 0 unspecified atom stereocenters. The molecule has 21 heavy (non-hydrogen) atoms. The Morgan fingerprint density at radius 2 is 2.14 bits per heavy atom.